The quantitative estimate of drug-likeness (QED) is 0.271. The van der Waals surface area contributed by atoms with E-state index in [1.807, 2.05) is 0 Å². The number of fused-ring (bicyclic) bond motifs is 1. The highest BCUT2D eigenvalue weighted by atomic mass is 16.8. The molecule has 3 unspecified atom stereocenters. The number of aliphatic hydroxyl groups is 5. The topological polar surface area (TPSA) is 155 Å². The minimum absolute atomic E-state index is 0.113. The second-order valence-corrected chi connectivity index (χ2v) is 7.94. The molecule has 10 heteroatoms. The number of ether oxygens (including phenoxy) is 4. The van der Waals surface area contributed by atoms with Crippen molar-refractivity contribution in [2.45, 2.75) is 43.1 Å². The fourth-order valence-corrected chi connectivity index (χ4v) is 4.17. The predicted octanol–water partition coefficient (Wildman–Crippen LogP) is -0.937. The van der Waals surface area contributed by atoms with Crippen LogP contribution in [-0.4, -0.2) is 87.8 Å². The van der Waals surface area contributed by atoms with Gasteiger partial charge in [-0.05, 0) is 23.8 Å². The Balaban J connectivity index is 1.46. The van der Waals surface area contributed by atoms with Crippen molar-refractivity contribution in [1.82, 2.24) is 0 Å². The number of hydrogen-bond acceptors (Lipinski definition) is 10. The number of carbonyl (C=O) groups is 1. The van der Waals surface area contributed by atoms with Crippen LogP contribution in [0.2, 0.25) is 0 Å². The Morgan fingerprint density at radius 3 is 2.47 bits per heavy atom. The van der Waals surface area contributed by atoms with Gasteiger partial charge in [0.05, 0.1) is 30.5 Å². The molecule has 0 radical (unpaired) electrons. The first-order valence-corrected chi connectivity index (χ1v) is 10.3. The normalized spacial score (nSPS) is 38.5. The molecule has 3 aliphatic rings. The van der Waals surface area contributed by atoms with E-state index in [9.17, 15) is 30.3 Å². The molecule has 174 valence electrons. The van der Waals surface area contributed by atoms with Crippen LogP contribution in [0.1, 0.15) is 10.4 Å². The maximum absolute atomic E-state index is 12.3. The summed E-state index contributed by atoms with van der Waals surface area (Å²) in [7, 11) is 0. The van der Waals surface area contributed by atoms with E-state index in [1.54, 1.807) is 42.5 Å². The van der Waals surface area contributed by atoms with Gasteiger partial charge < -0.3 is 44.5 Å². The average Bonchev–Trinajstić information content (AvgIpc) is 3.14. The minimum atomic E-state index is -1.60. The van der Waals surface area contributed by atoms with Crippen molar-refractivity contribution in [1.29, 1.82) is 0 Å². The summed E-state index contributed by atoms with van der Waals surface area (Å²) in [6.07, 6.45) is -4.61. The molecule has 1 fully saturated rings. The Morgan fingerprint density at radius 2 is 1.75 bits per heavy atom. The van der Waals surface area contributed by atoms with Crippen LogP contribution in [0, 0.1) is 11.8 Å². The number of hydrogen-bond donors (Lipinski definition) is 5. The highest BCUT2D eigenvalue weighted by Crippen LogP contribution is 2.41. The highest BCUT2D eigenvalue weighted by molar-refractivity contribution is 5.89. The zero-order valence-corrected chi connectivity index (χ0v) is 17.0. The number of benzene rings is 1. The van der Waals surface area contributed by atoms with Crippen molar-refractivity contribution in [3.8, 4) is 0 Å². The van der Waals surface area contributed by atoms with Gasteiger partial charge in [0.15, 0.2) is 6.29 Å². The van der Waals surface area contributed by atoms with E-state index < -0.39 is 67.5 Å². The predicted molar refractivity (Wildman–Crippen MR) is 107 cm³/mol. The van der Waals surface area contributed by atoms with Crippen molar-refractivity contribution < 1.29 is 49.3 Å². The second-order valence-electron chi connectivity index (χ2n) is 7.94. The first-order chi connectivity index (χ1) is 15.4. The molecule has 10 nitrogen and oxygen atoms in total. The van der Waals surface area contributed by atoms with Crippen molar-refractivity contribution in [2.75, 3.05) is 13.2 Å². The van der Waals surface area contributed by atoms with E-state index in [4.69, 9.17) is 18.9 Å². The average molecular weight is 450 g/mol. The van der Waals surface area contributed by atoms with Crippen LogP contribution in [-0.2, 0) is 18.9 Å². The fourth-order valence-electron chi connectivity index (χ4n) is 4.17. The Kier molecular flexibility index (Phi) is 6.91. The molecule has 0 aromatic heterocycles. The maximum Gasteiger partial charge on any atom is 0.338 e. The maximum atomic E-state index is 12.3. The van der Waals surface area contributed by atoms with E-state index in [1.165, 1.54) is 6.26 Å². The number of aliphatic hydroxyl groups excluding tert-OH is 5. The van der Waals surface area contributed by atoms with Crippen LogP contribution in [0.25, 0.3) is 0 Å². The summed E-state index contributed by atoms with van der Waals surface area (Å²) in [4.78, 5) is 12.3. The summed E-state index contributed by atoms with van der Waals surface area (Å²) in [6, 6.07) is 8.47. The van der Waals surface area contributed by atoms with Crippen molar-refractivity contribution in [3.63, 3.8) is 0 Å². The zero-order valence-electron chi connectivity index (χ0n) is 17.0. The number of rotatable bonds is 6. The van der Waals surface area contributed by atoms with Crippen LogP contribution in [0.4, 0.5) is 0 Å². The Labute approximate surface area is 183 Å². The van der Waals surface area contributed by atoms with Crippen LogP contribution in [0.15, 0.2) is 54.3 Å². The van der Waals surface area contributed by atoms with Gasteiger partial charge >= 0.3 is 5.97 Å². The Morgan fingerprint density at radius 1 is 1.00 bits per heavy atom. The molecular weight excluding hydrogens is 424 g/mol. The molecule has 1 saturated heterocycles. The Bertz CT molecular complexity index is 854. The third kappa shape index (κ3) is 4.44. The van der Waals surface area contributed by atoms with Crippen molar-refractivity contribution >= 4 is 5.97 Å². The minimum Gasteiger partial charge on any atom is -0.472 e. The molecule has 2 heterocycles. The number of esters is 1. The Hall–Kier alpha value is -2.31. The van der Waals surface area contributed by atoms with Crippen molar-refractivity contribution in [3.05, 3.63) is 59.9 Å². The molecule has 5 N–H and O–H groups in total. The third-order valence-corrected chi connectivity index (χ3v) is 5.92. The molecule has 4 rings (SSSR count). The van der Waals surface area contributed by atoms with Crippen LogP contribution in [0.3, 0.4) is 0 Å². The number of carbonyl (C=O) groups excluding carboxylic acids is 1. The SMILES string of the molecule is O=C(OCC1=CC(O)C2C=CO[C@H](O[C@H]3O[C@@H](CO)[C@H](O)[C@@H](O)[C@@H]3O)C12)c1ccccc1. The first-order valence-electron chi connectivity index (χ1n) is 10.3. The summed E-state index contributed by atoms with van der Waals surface area (Å²) in [5.41, 5.74) is 0.947. The molecule has 2 aliphatic heterocycles. The highest BCUT2D eigenvalue weighted by Gasteiger charge is 2.49. The lowest BCUT2D eigenvalue weighted by atomic mass is 9.88. The lowest BCUT2D eigenvalue weighted by Crippen LogP contribution is -2.60. The third-order valence-electron chi connectivity index (χ3n) is 5.92. The van der Waals surface area contributed by atoms with Gasteiger partial charge in [-0.15, -0.1) is 0 Å². The molecule has 0 saturated carbocycles. The van der Waals surface area contributed by atoms with Gasteiger partial charge in [0.1, 0.15) is 31.0 Å². The van der Waals surface area contributed by atoms with Crippen LogP contribution >= 0.6 is 0 Å². The molecule has 1 aromatic rings. The molecule has 1 aromatic carbocycles. The van der Waals surface area contributed by atoms with Crippen molar-refractivity contribution in [2.24, 2.45) is 11.8 Å². The van der Waals surface area contributed by atoms with E-state index in [2.05, 4.69) is 0 Å². The van der Waals surface area contributed by atoms with E-state index in [0.717, 1.165) is 0 Å². The molecular formula is C22H26O10. The van der Waals surface area contributed by atoms with Crippen LogP contribution < -0.4 is 0 Å². The molecule has 32 heavy (non-hydrogen) atoms. The van der Waals surface area contributed by atoms with Gasteiger partial charge in [-0.25, -0.2) is 4.79 Å². The van der Waals surface area contributed by atoms with Gasteiger partial charge in [0.2, 0.25) is 6.29 Å². The largest absolute Gasteiger partial charge is 0.472 e. The van der Waals surface area contributed by atoms with Gasteiger partial charge in [0, 0.05) is 5.92 Å². The van der Waals surface area contributed by atoms with Crippen LogP contribution in [0.5, 0.6) is 0 Å². The summed E-state index contributed by atoms with van der Waals surface area (Å²) < 4.78 is 22.1. The smallest absolute Gasteiger partial charge is 0.338 e. The lowest BCUT2D eigenvalue weighted by Gasteiger charge is -2.42. The summed E-state index contributed by atoms with van der Waals surface area (Å²) in [5, 5.41) is 50.0. The first kappa shape index (κ1) is 22.9. The standard InChI is InChI=1S/C22H26O10/c23-9-15-17(25)18(26)19(27)22(31-15)32-21-16-12(8-14(24)13(16)6-7-29-21)10-30-20(28)11-4-2-1-3-5-11/h1-8,13-19,21-27H,9-10H2/t13?,14?,15-,16?,17-,18+,19-,21+,22+/m0/s1. The fraction of sp³-hybridized carbons (Fsp3) is 0.500. The van der Waals surface area contributed by atoms with E-state index in [-0.39, 0.29) is 6.61 Å². The summed E-state index contributed by atoms with van der Waals surface area (Å²) in [5.74, 6) is -1.52. The van der Waals surface area contributed by atoms with Gasteiger partial charge in [-0.2, -0.15) is 0 Å². The molecule has 1 aliphatic carbocycles. The van der Waals surface area contributed by atoms with Gasteiger partial charge in [0.25, 0.3) is 0 Å². The van der Waals surface area contributed by atoms with E-state index in [0.29, 0.717) is 11.1 Å². The van der Waals surface area contributed by atoms with E-state index >= 15 is 0 Å². The monoisotopic (exact) mass is 450 g/mol. The lowest BCUT2D eigenvalue weighted by molar-refractivity contribution is -0.339. The summed E-state index contributed by atoms with van der Waals surface area (Å²) in [6.45, 7) is -0.709. The molecule has 0 bridgehead atoms. The molecule has 0 amide bonds. The zero-order chi connectivity index (χ0) is 22.8. The summed E-state index contributed by atoms with van der Waals surface area (Å²) >= 11 is 0. The van der Waals surface area contributed by atoms with Gasteiger partial charge in [-0.1, -0.05) is 24.3 Å². The molecule has 0 spiro atoms. The second kappa shape index (κ2) is 9.67. The molecule has 9 atom stereocenters. The van der Waals surface area contributed by atoms with Gasteiger partial charge in [-0.3, -0.25) is 0 Å².